The predicted molar refractivity (Wildman–Crippen MR) is 118 cm³/mol. The summed E-state index contributed by atoms with van der Waals surface area (Å²) >= 11 is 6.11. The molecule has 1 amide bonds. The van der Waals surface area contributed by atoms with E-state index in [0.29, 0.717) is 27.7 Å². The third kappa shape index (κ3) is 3.89. The van der Waals surface area contributed by atoms with Gasteiger partial charge in [-0.25, -0.2) is 4.39 Å². The van der Waals surface area contributed by atoms with Crippen LogP contribution in [0.5, 0.6) is 5.75 Å². The van der Waals surface area contributed by atoms with Crippen LogP contribution in [-0.2, 0) is 13.7 Å². The minimum atomic E-state index is -0.298. The molecule has 0 fully saturated rings. The Morgan fingerprint density at radius 2 is 1.83 bits per heavy atom. The molecule has 4 rings (SSSR count). The highest BCUT2D eigenvalue weighted by molar-refractivity contribution is 6.31. The molecular weight excluding hydrogens is 403 g/mol. The second-order valence-electron chi connectivity index (χ2n) is 7.05. The Morgan fingerprint density at radius 1 is 1.10 bits per heavy atom. The first-order chi connectivity index (χ1) is 14.4. The molecule has 30 heavy (non-hydrogen) atoms. The highest BCUT2D eigenvalue weighted by atomic mass is 35.5. The van der Waals surface area contributed by atoms with Gasteiger partial charge in [0.15, 0.2) is 0 Å². The molecule has 0 radical (unpaired) electrons. The molecule has 0 aliphatic rings. The minimum absolute atomic E-state index is 0.135. The SMILES string of the molecule is Cc1c(C(=O)Nc2ccc(OCc3ccccc3F)cc2)n(C)c2ccc(Cl)cc12. The maximum absolute atomic E-state index is 13.7. The molecule has 0 atom stereocenters. The summed E-state index contributed by atoms with van der Waals surface area (Å²) in [5.41, 5.74) is 3.52. The highest BCUT2D eigenvalue weighted by Gasteiger charge is 2.18. The zero-order chi connectivity index (χ0) is 21.3. The van der Waals surface area contributed by atoms with Crippen molar-refractivity contribution in [2.75, 3.05) is 5.32 Å². The van der Waals surface area contributed by atoms with E-state index >= 15 is 0 Å². The third-order valence-electron chi connectivity index (χ3n) is 5.09. The van der Waals surface area contributed by atoms with E-state index in [9.17, 15) is 9.18 Å². The van der Waals surface area contributed by atoms with Gasteiger partial charge in [0, 0.05) is 34.2 Å². The van der Waals surface area contributed by atoms with E-state index in [1.165, 1.54) is 6.07 Å². The van der Waals surface area contributed by atoms with Crippen LogP contribution in [0.4, 0.5) is 10.1 Å². The maximum Gasteiger partial charge on any atom is 0.272 e. The fourth-order valence-electron chi connectivity index (χ4n) is 3.52. The number of fused-ring (bicyclic) bond motifs is 1. The zero-order valence-electron chi connectivity index (χ0n) is 16.6. The second-order valence-corrected chi connectivity index (χ2v) is 7.49. The van der Waals surface area contributed by atoms with Gasteiger partial charge in [0.1, 0.15) is 23.9 Å². The van der Waals surface area contributed by atoms with E-state index < -0.39 is 0 Å². The minimum Gasteiger partial charge on any atom is -0.489 e. The predicted octanol–water partition coefficient (Wildman–Crippen LogP) is 6.11. The van der Waals surface area contributed by atoms with Gasteiger partial charge >= 0.3 is 0 Å². The van der Waals surface area contributed by atoms with E-state index in [2.05, 4.69) is 5.32 Å². The van der Waals surface area contributed by atoms with Gasteiger partial charge in [-0.2, -0.15) is 0 Å². The molecule has 1 heterocycles. The largest absolute Gasteiger partial charge is 0.489 e. The monoisotopic (exact) mass is 422 g/mol. The first-order valence-corrected chi connectivity index (χ1v) is 9.84. The molecule has 3 aromatic carbocycles. The Kier molecular flexibility index (Phi) is 5.46. The summed E-state index contributed by atoms with van der Waals surface area (Å²) in [6.07, 6.45) is 0. The highest BCUT2D eigenvalue weighted by Crippen LogP contribution is 2.28. The lowest BCUT2D eigenvalue weighted by atomic mass is 10.1. The van der Waals surface area contributed by atoms with Crippen molar-refractivity contribution in [3.05, 3.63) is 94.4 Å². The summed E-state index contributed by atoms with van der Waals surface area (Å²) in [6, 6.07) is 19.1. The smallest absolute Gasteiger partial charge is 0.272 e. The van der Waals surface area contributed by atoms with Gasteiger partial charge < -0.3 is 14.6 Å². The summed E-state index contributed by atoms with van der Waals surface area (Å²) in [5, 5.41) is 4.50. The van der Waals surface area contributed by atoms with Crippen LogP contribution in [0.15, 0.2) is 66.7 Å². The Morgan fingerprint density at radius 3 is 2.57 bits per heavy atom. The first kappa shape index (κ1) is 20.0. The number of aryl methyl sites for hydroxylation is 2. The number of hydrogen-bond donors (Lipinski definition) is 1. The number of rotatable bonds is 5. The van der Waals surface area contributed by atoms with Crippen LogP contribution >= 0.6 is 11.6 Å². The molecule has 4 aromatic rings. The van der Waals surface area contributed by atoms with Crippen molar-refractivity contribution >= 4 is 34.1 Å². The number of nitrogens with one attached hydrogen (secondary N) is 1. The van der Waals surface area contributed by atoms with Gasteiger partial charge in [0.25, 0.3) is 5.91 Å². The molecule has 152 valence electrons. The average molecular weight is 423 g/mol. The number of hydrogen-bond acceptors (Lipinski definition) is 2. The standard InChI is InChI=1S/C24H20ClFN2O2/c1-15-20-13-17(25)7-12-22(20)28(2)23(15)24(29)27-18-8-10-19(11-9-18)30-14-16-5-3-4-6-21(16)26/h3-13H,14H2,1-2H3,(H,27,29). The number of halogens is 2. The van der Waals surface area contributed by atoms with Crippen LogP contribution in [0, 0.1) is 12.7 Å². The number of nitrogens with zero attached hydrogens (tertiary/aromatic N) is 1. The van der Waals surface area contributed by atoms with Crippen LogP contribution in [0.3, 0.4) is 0 Å². The third-order valence-corrected chi connectivity index (χ3v) is 5.33. The van der Waals surface area contributed by atoms with Crippen molar-refractivity contribution in [2.24, 2.45) is 7.05 Å². The van der Waals surface area contributed by atoms with Gasteiger partial charge in [0.2, 0.25) is 0 Å². The molecule has 4 nitrogen and oxygen atoms in total. The van der Waals surface area contributed by atoms with Crippen LogP contribution in [0.2, 0.25) is 5.02 Å². The zero-order valence-corrected chi connectivity index (χ0v) is 17.3. The van der Waals surface area contributed by atoms with Crippen LogP contribution in [-0.4, -0.2) is 10.5 Å². The number of aromatic nitrogens is 1. The van der Waals surface area contributed by atoms with Gasteiger partial charge in [-0.15, -0.1) is 0 Å². The van der Waals surface area contributed by atoms with E-state index in [0.717, 1.165) is 16.5 Å². The number of carbonyl (C=O) groups excluding carboxylic acids is 1. The Labute approximate surface area is 178 Å². The van der Waals surface area contributed by atoms with E-state index in [1.54, 1.807) is 42.5 Å². The Balaban J connectivity index is 1.48. The average Bonchev–Trinajstić information content (AvgIpc) is 2.98. The quantitative estimate of drug-likeness (QED) is 0.421. The van der Waals surface area contributed by atoms with E-state index in [4.69, 9.17) is 16.3 Å². The van der Waals surface area contributed by atoms with Gasteiger partial charge in [-0.05, 0) is 61.0 Å². The fraction of sp³-hybridized carbons (Fsp3) is 0.125. The van der Waals surface area contributed by atoms with Crippen molar-refractivity contribution in [1.29, 1.82) is 0 Å². The van der Waals surface area contributed by atoms with Crippen LogP contribution < -0.4 is 10.1 Å². The van der Waals surface area contributed by atoms with Gasteiger partial charge in [-0.1, -0.05) is 29.8 Å². The summed E-state index contributed by atoms with van der Waals surface area (Å²) in [5.74, 6) is 0.0852. The first-order valence-electron chi connectivity index (χ1n) is 9.46. The molecule has 0 unspecified atom stereocenters. The molecule has 0 spiro atoms. The normalized spacial score (nSPS) is 10.9. The Hall–Kier alpha value is -3.31. The molecule has 0 bridgehead atoms. The lowest BCUT2D eigenvalue weighted by molar-refractivity contribution is 0.101. The maximum atomic E-state index is 13.7. The molecule has 6 heteroatoms. The van der Waals surface area contributed by atoms with Crippen molar-refractivity contribution in [3.63, 3.8) is 0 Å². The van der Waals surface area contributed by atoms with Crippen molar-refractivity contribution in [2.45, 2.75) is 13.5 Å². The van der Waals surface area contributed by atoms with Crippen LogP contribution in [0.1, 0.15) is 21.6 Å². The molecule has 0 aliphatic carbocycles. The van der Waals surface area contributed by atoms with Crippen molar-refractivity contribution in [1.82, 2.24) is 4.57 Å². The number of carbonyl (C=O) groups is 1. The lowest BCUT2D eigenvalue weighted by Gasteiger charge is -2.10. The second kappa shape index (κ2) is 8.20. The molecule has 1 aromatic heterocycles. The fourth-order valence-corrected chi connectivity index (χ4v) is 3.70. The number of amides is 1. The molecule has 0 saturated carbocycles. The molecule has 0 saturated heterocycles. The number of ether oxygens (including phenoxy) is 1. The van der Waals surface area contributed by atoms with Crippen LogP contribution in [0.25, 0.3) is 10.9 Å². The molecule has 1 N–H and O–H groups in total. The summed E-state index contributed by atoms with van der Waals surface area (Å²) in [4.78, 5) is 12.9. The summed E-state index contributed by atoms with van der Waals surface area (Å²) in [6.45, 7) is 2.04. The van der Waals surface area contributed by atoms with Gasteiger partial charge in [-0.3, -0.25) is 4.79 Å². The van der Waals surface area contributed by atoms with Crippen molar-refractivity contribution < 1.29 is 13.9 Å². The summed E-state index contributed by atoms with van der Waals surface area (Å²) in [7, 11) is 1.86. The van der Waals surface area contributed by atoms with Gasteiger partial charge in [0.05, 0.1) is 0 Å². The topological polar surface area (TPSA) is 43.3 Å². The summed E-state index contributed by atoms with van der Waals surface area (Å²) < 4.78 is 21.2. The number of anilines is 1. The van der Waals surface area contributed by atoms with E-state index in [1.807, 2.05) is 36.7 Å². The molecular formula is C24H20ClFN2O2. The lowest BCUT2D eigenvalue weighted by Crippen LogP contribution is -2.16. The molecule has 0 aliphatic heterocycles. The van der Waals surface area contributed by atoms with Crippen molar-refractivity contribution in [3.8, 4) is 5.75 Å². The van der Waals surface area contributed by atoms with E-state index in [-0.39, 0.29) is 18.3 Å². The Bertz CT molecular complexity index is 1230. The number of benzene rings is 3.